The third kappa shape index (κ3) is 9.47. The fourth-order valence-corrected chi connectivity index (χ4v) is 5.35. The van der Waals surface area contributed by atoms with Gasteiger partial charge >= 0.3 is 0 Å². The van der Waals surface area contributed by atoms with Crippen LogP contribution in [0.3, 0.4) is 0 Å². The third-order valence-electron chi connectivity index (χ3n) is 7.32. The second kappa shape index (κ2) is 14.9. The van der Waals surface area contributed by atoms with Crippen molar-refractivity contribution in [3.8, 4) is 0 Å². The zero-order chi connectivity index (χ0) is 25.6. The van der Waals surface area contributed by atoms with Gasteiger partial charge in [-0.25, -0.2) is 0 Å². The molecule has 0 radical (unpaired) electrons. The molecule has 2 aromatic rings. The van der Waals surface area contributed by atoms with E-state index in [0.29, 0.717) is 25.9 Å². The molecule has 0 aliphatic carbocycles. The Labute approximate surface area is 216 Å². The van der Waals surface area contributed by atoms with Gasteiger partial charge < -0.3 is 4.79 Å². The lowest BCUT2D eigenvalue weighted by Gasteiger charge is -2.30. The molecular formula is C30H43N3O3. The van der Waals surface area contributed by atoms with Crippen LogP contribution in [0.4, 0.5) is 0 Å². The Hall–Kier alpha value is -2.57. The van der Waals surface area contributed by atoms with Gasteiger partial charge in [0.15, 0.2) is 0 Å². The molecule has 2 aromatic carbocycles. The van der Waals surface area contributed by atoms with Crippen molar-refractivity contribution in [2.45, 2.75) is 83.3 Å². The van der Waals surface area contributed by atoms with Gasteiger partial charge in [0.1, 0.15) is 5.78 Å². The summed E-state index contributed by atoms with van der Waals surface area (Å²) in [7, 11) is 0. The maximum Gasteiger partial charge on any atom is 0.247 e. The number of hydrogen-bond donors (Lipinski definition) is 0. The average molecular weight is 494 g/mol. The van der Waals surface area contributed by atoms with Crippen LogP contribution in [-0.4, -0.2) is 52.2 Å². The number of rotatable bonds is 15. The number of hydrogen-bond acceptors (Lipinski definition) is 5. The lowest BCUT2D eigenvalue weighted by atomic mass is 9.91. The van der Waals surface area contributed by atoms with E-state index in [1.807, 2.05) is 36.4 Å². The number of carbonyl (C=O) groups is 1. The smallest absolute Gasteiger partial charge is 0.247 e. The Morgan fingerprint density at radius 2 is 1.22 bits per heavy atom. The Balaban J connectivity index is 1.61. The molecule has 0 amide bonds. The van der Waals surface area contributed by atoms with Crippen LogP contribution in [0.5, 0.6) is 0 Å². The number of benzene rings is 2. The summed E-state index contributed by atoms with van der Waals surface area (Å²) in [6.45, 7) is 5.79. The van der Waals surface area contributed by atoms with Crippen molar-refractivity contribution < 1.29 is 9.72 Å². The second-order valence-corrected chi connectivity index (χ2v) is 10.6. The molecule has 3 rings (SSSR count). The first-order chi connectivity index (χ1) is 17.5. The topological polar surface area (TPSA) is 66.7 Å². The van der Waals surface area contributed by atoms with Gasteiger partial charge in [-0.05, 0) is 30.9 Å². The van der Waals surface area contributed by atoms with Gasteiger partial charge in [-0.3, -0.25) is 19.9 Å². The lowest BCUT2D eigenvalue weighted by molar-refractivity contribution is -0.571. The highest BCUT2D eigenvalue weighted by Gasteiger charge is 2.46. The number of Topliss-reactive ketones (excluding diaryl/α,β-unsaturated/α-hetero) is 1. The minimum Gasteiger partial charge on any atom is -0.300 e. The molecule has 0 unspecified atom stereocenters. The molecule has 36 heavy (non-hydrogen) atoms. The first-order valence-corrected chi connectivity index (χ1v) is 13.6. The molecular weight excluding hydrogens is 450 g/mol. The van der Waals surface area contributed by atoms with E-state index in [4.69, 9.17) is 0 Å². The van der Waals surface area contributed by atoms with Crippen LogP contribution in [0.25, 0.3) is 0 Å². The second-order valence-electron chi connectivity index (χ2n) is 10.6. The van der Waals surface area contributed by atoms with Gasteiger partial charge in [-0.2, -0.15) is 0 Å². The van der Waals surface area contributed by atoms with Gasteiger partial charge in [0.05, 0.1) is 13.1 Å². The molecule has 1 aliphatic heterocycles. The van der Waals surface area contributed by atoms with E-state index < -0.39 is 5.54 Å². The van der Waals surface area contributed by atoms with E-state index in [2.05, 4.69) is 34.1 Å². The van der Waals surface area contributed by atoms with Crippen molar-refractivity contribution in [3.63, 3.8) is 0 Å². The van der Waals surface area contributed by atoms with Crippen LogP contribution < -0.4 is 0 Å². The zero-order valence-electron chi connectivity index (χ0n) is 21.9. The van der Waals surface area contributed by atoms with E-state index in [9.17, 15) is 14.9 Å². The molecule has 6 nitrogen and oxygen atoms in total. The summed E-state index contributed by atoms with van der Waals surface area (Å²) in [5.74, 6) is 0.270. The molecule has 0 atom stereocenters. The molecule has 0 N–H and O–H groups in total. The number of unbranched alkanes of at least 4 members (excludes halogenated alkanes) is 6. The number of nitrogens with zero attached hydrogens (tertiary/aromatic N) is 3. The minimum atomic E-state index is -0.957. The minimum absolute atomic E-state index is 0.0239. The molecule has 196 valence electrons. The monoisotopic (exact) mass is 493 g/mol. The van der Waals surface area contributed by atoms with Crippen LogP contribution in [0.1, 0.15) is 75.8 Å². The molecule has 6 heteroatoms. The van der Waals surface area contributed by atoms with Gasteiger partial charge in [0.25, 0.3) is 0 Å². The predicted molar refractivity (Wildman–Crippen MR) is 145 cm³/mol. The fraction of sp³-hybridized carbons (Fsp3) is 0.567. The number of ketones is 1. The predicted octanol–water partition coefficient (Wildman–Crippen LogP) is 6.12. The highest BCUT2D eigenvalue weighted by Crippen LogP contribution is 2.27. The molecule has 0 spiro atoms. The Kier molecular flexibility index (Phi) is 11.6. The molecule has 0 saturated carbocycles. The largest absolute Gasteiger partial charge is 0.300 e. The van der Waals surface area contributed by atoms with Crippen LogP contribution >= 0.6 is 0 Å². The van der Waals surface area contributed by atoms with E-state index in [0.717, 1.165) is 71.1 Å². The van der Waals surface area contributed by atoms with Crippen molar-refractivity contribution in [1.29, 1.82) is 0 Å². The lowest BCUT2D eigenvalue weighted by Crippen LogP contribution is -2.52. The summed E-state index contributed by atoms with van der Waals surface area (Å²) in [6.07, 6.45) is 8.68. The number of carbonyl (C=O) groups excluding carboxylic acids is 1. The Morgan fingerprint density at radius 1 is 0.778 bits per heavy atom. The summed E-state index contributed by atoms with van der Waals surface area (Å²) >= 11 is 0. The first-order valence-electron chi connectivity index (χ1n) is 13.6. The Bertz CT molecular complexity index is 868. The van der Waals surface area contributed by atoms with Crippen LogP contribution in [0.2, 0.25) is 0 Å². The summed E-state index contributed by atoms with van der Waals surface area (Å²) in [6, 6.07) is 20.6. The molecule has 1 fully saturated rings. The summed E-state index contributed by atoms with van der Waals surface area (Å²) in [5.41, 5.74) is 1.45. The standard InChI is InChI=1S/C30H43N3O3/c1-27(34)15-9-5-3-2-4-6-14-20-30(33(35)36)25-31(23-28-16-10-7-11-17-28)21-22-32(26-30)24-29-18-12-8-13-19-29/h7-8,10-13,16-19H,2-6,9,14-15,20-26H2,1H3. The van der Waals surface area contributed by atoms with Gasteiger partial charge in [0.2, 0.25) is 5.54 Å². The zero-order valence-corrected chi connectivity index (χ0v) is 21.9. The maximum atomic E-state index is 12.6. The van der Waals surface area contributed by atoms with E-state index >= 15 is 0 Å². The quantitative estimate of drug-likeness (QED) is 0.170. The molecule has 1 heterocycles. The van der Waals surface area contributed by atoms with Crippen LogP contribution in [0.15, 0.2) is 60.7 Å². The molecule has 1 aliphatic rings. The van der Waals surface area contributed by atoms with Crippen LogP contribution in [0, 0.1) is 10.1 Å². The summed E-state index contributed by atoms with van der Waals surface area (Å²) in [4.78, 5) is 28.3. The van der Waals surface area contributed by atoms with Gasteiger partial charge in [0, 0.05) is 43.9 Å². The Morgan fingerprint density at radius 3 is 1.67 bits per heavy atom. The van der Waals surface area contributed by atoms with Crippen molar-refractivity contribution in [1.82, 2.24) is 9.80 Å². The van der Waals surface area contributed by atoms with E-state index in [1.165, 1.54) is 11.1 Å². The van der Waals surface area contributed by atoms with E-state index in [1.54, 1.807) is 6.92 Å². The molecule has 1 saturated heterocycles. The maximum absolute atomic E-state index is 12.6. The van der Waals surface area contributed by atoms with Gasteiger partial charge in [-0.15, -0.1) is 0 Å². The summed E-state index contributed by atoms with van der Waals surface area (Å²) in [5, 5.41) is 12.6. The van der Waals surface area contributed by atoms with Gasteiger partial charge in [-0.1, -0.05) is 92.8 Å². The van der Waals surface area contributed by atoms with E-state index in [-0.39, 0.29) is 10.7 Å². The summed E-state index contributed by atoms with van der Waals surface area (Å²) < 4.78 is 0. The third-order valence-corrected chi connectivity index (χ3v) is 7.32. The van der Waals surface area contributed by atoms with Crippen molar-refractivity contribution in [2.75, 3.05) is 26.2 Å². The highest BCUT2D eigenvalue weighted by molar-refractivity contribution is 5.75. The van der Waals surface area contributed by atoms with Crippen molar-refractivity contribution in [3.05, 3.63) is 81.9 Å². The normalized spacial score (nSPS) is 16.5. The first kappa shape index (κ1) is 28.0. The van der Waals surface area contributed by atoms with Crippen molar-refractivity contribution >= 4 is 5.78 Å². The van der Waals surface area contributed by atoms with Crippen molar-refractivity contribution in [2.24, 2.45) is 0 Å². The highest BCUT2D eigenvalue weighted by atomic mass is 16.6. The fourth-order valence-electron chi connectivity index (χ4n) is 5.35. The SMILES string of the molecule is CC(=O)CCCCCCCCCC1([N+](=O)[O-])CN(Cc2ccccc2)CCN(Cc2ccccc2)C1. The molecule has 0 bridgehead atoms. The average Bonchev–Trinajstić information content (AvgIpc) is 3.04. The van der Waals surface area contributed by atoms with Crippen LogP contribution in [-0.2, 0) is 17.9 Å². The number of nitro groups is 1. The molecule has 0 aromatic heterocycles.